The first-order chi connectivity index (χ1) is 4.16. The highest BCUT2D eigenvalue weighted by Gasteiger charge is 2.03. The van der Waals surface area contributed by atoms with Crippen molar-refractivity contribution in [3.8, 4) is 0 Å². The van der Waals surface area contributed by atoms with Gasteiger partial charge in [-0.25, -0.2) is 0 Å². The molecule has 0 amide bonds. The average molecular weight is 130 g/mol. The van der Waals surface area contributed by atoms with Gasteiger partial charge in [0.15, 0.2) is 0 Å². The molecule has 2 N–H and O–H groups in total. The molecule has 0 aromatic heterocycles. The van der Waals surface area contributed by atoms with E-state index >= 15 is 0 Å². The second-order valence-electron chi connectivity index (χ2n) is 1.69. The topological polar surface area (TPSA) is 57.5 Å². The van der Waals surface area contributed by atoms with Gasteiger partial charge in [-0.3, -0.25) is 4.79 Å². The Morgan fingerprint density at radius 2 is 2.33 bits per heavy atom. The molecule has 0 aliphatic rings. The minimum atomic E-state index is -0.986. The third kappa shape index (κ3) is 5.03. The number of allylic oxidation sites excluding steroid dienone is 1. The maximum absolute atomic E-state index is 9.89. The molecular weight excluding hydrogens is 120 g/mol. The van der Waals surface area contributed by atoms with E-state index in [1.807, 2.05) is 0 Å². The van der Waals surface area contributed by atoms with Crippen molar-refractivity contribution in [3.63, 3.8) is 0 Å². The van der Waals surface area contributed by atoms with Crippen LogP contribution >= 0.6 is 0 Å². The lowest BCUT2D eigenvalue weighted by molar-refractivity contribution is -0.138. The van der Waals surface area contributed by atoms with Gasteiger partial charge in [-0.1, -0.05) is 12.2 Å². The lowest BCUT2D eigenvalue weighted by Crippen LogP contribution is -2.09. The highest BCUT2D eigenvalue weighted by atomic mass is 16.4. The molecule has 9 heavy (non-hydrogen) atoms. The number of aliphatic carboxylic acids is 1. The standard InChI is InChI=1S/C6H10O3/c1-2-3-5(7)4-6(8)9/h2-3,5,7H,4H2,1H3,(H,8,9)/b3-2+/t5-/m0/s1. The van der Waals surface area contributed by atoms with Gasteiger partial charge in [-0.15, -0.1) is 0 Å². The fourth-order valence-corrected chi connectivity index (χ4v) is 0.469. The van der Waals surface area contributed by atoms with Crippen molar-refractivity contribution in [2.45, 2.75) is 19.4 Å². The Labute approximate surface area is 53.6 Å². The number of carbonyl (C=O) groups is 1. The predicted octanol–water partition coefficient (Wildman–Crippen LogP) is 0.398. The summed E-state index contributed by atoms with van der Waals surface area (Å²) in [6.45, 7) is 1.73. The molecule has 3 heteroatoms. The van der Waals surface area contributed by atoms with Crippen molar-refractivity contribution in [3.05, 3.63) is 12.2 Å². The van der Waals surface area contributed by atoms with Crippen LogP contribution in [0.4, 0.5) is 0 Å². The first-order valence-electron chi connectivity index (χ1n) is 2.69. The Morgan fingerprint density at radius 1 is 1.78 bits per heavy atom. The van der Waals surface area contributed by atoms with E-state index in [2.05, 4.69) is 0 Å². The van der Waals surface area contributed by atoms with Crippen LogP contribution in [0.5, 0.6) is 0 Å². The predicted molar refractivity (Wildman–Crippen MR) is 33.1 cm³/mol. The first-order valence-corrected chi connectivity index (χ1v) is 2.69. The fraction of sp³-hybridized carbons (Fsp3) is 0.500. The van der Waals surface area contributed by atoms with E-state index < -0.39 is 12.1 Å². The van der Waals surface area contributed by atoms with E-state index in [1.54, 1.807) is 13.0 Å². The summed E-state index contributed by atoms with van der Waals surface area (Å²) in [5, 5.41) is 16.9. The summed E-state index contributed by atoms with van der Waals surface area (Å²) in [5.41, 5.74) is 0. The molecule has 0 heterocycles. The van der Waals surface area contributed by atoms with Gasteiger partial charge in [0.25, 0.3) is 0 Å². The van der Waals surface area contributed by atoms with Crippen LogP contribution in [-0.4, -0.2) is 22.3 Å². The molecule has 0 aromatic carbocycles. The lowest BCUT2D eigenvalue weighted by Gasteiger charge is -1.97. The van der Waals surface area contributed by atoms with Crippen LogP contribution in [-0.2, 0) is 4.79 Å². The van der Waals surface area contributed by atoms with E-state index in [9.17, 15) is 4.79 Å². The highest BCUT2D eigenvalue weighted by Crippen LogP contribution is 1.91. The third-order valence-corrected chi connectivity index (χ3v) is 0.798. The van der Waals surface area contributed by atoms with Crippen molar-refractivity contribution < 1.29 is 15.0 Å². The van der Waals surface area contributed by atoms with Crippen LogP contribution < -0.4 is 0 Å². The molecule has 3 nitrogen and oxygen atoms in total. The largest absolute Gasteiger partial charge is 0.481 e. The quantitative estimate of drug-likeness (QED) is 0.543. The molecule has 0 aliphatic heterocycles. The number of aliphatic hydroxyl groups is 1. The second kappa shape index (κ2) is 4.09. The minimum Gasteiger partial charge on any atom is -0.481 e. The van der Waals surface area contributed by atoms with Crippen LogP contribution in [0.15, 0.2) is 12.2 Å². The van der Waals surface area contributed by atoms with Gasteiger partial charge >= 0.3 is 5.97 Å². The van der Waals surface area contributed by atoms with Crippen molar-refractivity contribution >= 4 is 5.97 Å². The van der Waals surface area contributed by atoms with Gasteiger partial charge in [0.2, 0.25) is 0 Å². The summed E-state index contributed by atoms with van der Waals surface area (Å²) < 4.78 is 0. The van der Waals surface area contributed by atoms with Gasteiger partial charge in [-0.2, -0.15) is 0 Å². The first kappa shape index (κ1) is 8.17. The number of rotatable bonds is 3. The second-order valence-corrected chi connectivity index (χ2v) is 1.69. The normalized spacial score (nSPS) is 14.0. The van der Waals surface area contributed by atoms with Crippen LogP contribution in [0.2, 0.25) is 0 Å². The molecule has 0 radical (unpaired) electrons. The number of carboxylic acids is 1. The van der Waals surface area contributed by atoms with Crippen molar-refractivity contribution in [2.75, 3.05) is 0 Å². The van der Waals surface area contributed by atoms with Gasteiger partial charge < -0.3 is 10.2 Å². The molecule has 0 aromatic rings. The zero-order valence-electron chi connectivity index (χ0n) is 5.24. The molecular formula is C6H10O3. The third-order valence-electron chi connectivity index (χ3n) is 0.798. The van der Waals surface area contributed by atoms with Gasteiger partial charge in [0.05, 0.1) is 12.5 Å². The Balaban J connectivity index is 3.50. The van der Waals surface area contributed by atoms with Crippen LogP contribution in [0, 0.1) is 0 Å². The summed E-state index contributed by atoms with van der Waals surface area (Å²) in [6.07, 6.45) is 2.00. The monoisotopic (exact) mass is 130 g/mol. The van der Waals surface area contributed by atoms with Crippen LogP contribution in [0.3, 0.4) is 0 Å². The molecule has 0 unspecified atom stereocenters. The van der Waals surface area contributed by atoms with Gasteiger partial charge in [0, 0.05) is 0 Å². The molecule has 0 fully saturated rings. The molecule has 52 valence electrons. The maximum atomic E-state index is 9.89. The van der Waals surface area contributed by atoms with Crippen LogP contribution in [0.25, 0.3) is 0 Å². The molecule has 0 bridgehead atoms. The van der Waals surface area contributed by atoms with E-state index in [1.165, 1.54) is 6.08 Å². The average Bonchev–Trinajstić information content (AvgIpc) is 1.63. The van der Waals surface area contributed by atoms with E-state index in [0.29, 0.717) is 0 Å². The van der Waals surface area contributed by atoms with Gasteiger partial charge in [-0.05, 0) is 6.92 Å². The summed E-state index contributed by atoms with van der Waals surface area (Å²) >= 11 is 0. The summed E-state index contributed by atoms with van der Waals surface area (Å²) in [5.74, 6) is -0.986. The molecule has 0 saturated carbocycles. The van der Waals surface area contributed by atoms with E-state index in [0.717, 1.165) is 0 Å². The minimum absolute atomic E-state index is 0.218. The Hall–Kier alpha value is -0.830. The van der Waals surface area contributed by atoms with Crippen molar-refractivity contribution in [1.29, 1.82) is 0 Å². The van der Waals surface area contributed by atoms with Crippen molar-refractivity contribution in [1.82, 2.24) is 0 Å². The molecule has 1 atom stereocenters. The molecule has 0 saturated heterocycles. The van der Waals surface area contributed by atoms with Gasteiger partial charge in [0.1, 0.15) is 0 Å². The Kier molecular flexibility index (Phi) is 3.71. The summed E-state index contributed by atoms with van der Waals surface area (Å²) in [4.78, 5) is 9.89. The maximum Gasteiger partial charge on any atom is 0.306 e. The summed E-state index contributed by atoms with van der Waals surface area (Å²) in [6, 6.07) is 0. The number of hydrogen-bond acceptors (Lipinski definition) is 2. The summed E-state index contributed by atoms with van der Waals surface area (Å²) in [7, 11) is 0. The number of carboxylic acid groups (broad SMARTS) is 1. The van der Waals surface area contributed by atoms with E-state index in [4.69, 9.17) is 10.2 Å². The molecule has 0 spiro atoms. The Bertz CT molecular complexity index is 117. The SMILES string of the molecule is C/C=C/[C@H](O)CC(=O)O. The van der Waals surface area contributed by atoms with E-state index in [-0.39, 0.29) is 6.42 Å². The molecule has 0 rings (SSSR count). The lowest BCUT2D eigenvalue weighted by atomic mass is 10.2. The smallest absolute Gasteiger partial charge is 0.306 e. The van der Waals surface area contributed by atoms with Crippen molar-refractivity contribution in [2.24, 2.45) is 0 Å². The molecule has 0 aliphatic carbocycles. The zero-order chi connectivity index (χ0) is 7.28. The number of hydrogen-bond donors (Lipinski definition) is 2. The zero-order valence-corrected chi connectivity index (χ0v) is 5.24. The number of aliphatic hydroxyl groups excluding tert-OH is 1. The Morgan fingerprint density at radius 3 is 2.67 bits per heavy atom. The fourth-order valence-electron chi connectivity index (χ4n) is 0.469. The highest BCUT2D eigenvalue weighted by molar-refractivity contribution is 5.67. The van der Waals surface area contributed by atoms with Crippen LogP contribution in [0.1, 0.15) is 13.3 Å².